The Labute approximate surface area is 103 Å². The molecular formula is C12H14O2S2. The number of hydrogen-bond donors (Lipinski definition) is 0. The van der Waals surface area contributed by atoms with E-state index in [2.05, 4.69) is 12.1 Å². The fourth-order valence-electron chi connectivity index (χ4n) is 1.47. The molecule has 0 spiro atoms. The van der Waals surface area contributed by atoms with Gasteiger partial charge in [-0.1, -0.05) is 0 Å². The van der Waals surface area contributed by atoms with Gasteiger partial charge < -0.3 is 8.83 Å². The highest BCUT2D eigenvalue weighted by Gasteiger charge is 2.09. The SMILES string of the molecule is Cc1cc(SSc2cc(C)oc2C)c(C)o1. The summed E-state index contributed by atoms with van der Waals surface area (Å²) in [7, 11) is 3.42. The first-order chi connectivity index (χ1) is 7.56. The first kappa shape index (κ1) is 11.7. The summed E-state index contributed by atoms with van der Waals surface area (Å²) in [6, 6.07) is 4.13. The molecule has 0 fully saturated rings. The predicted octanol–water partition coefficient (Wildman–Crippen LogP) is 4.91. The topological polar surface area (TPSA) is 26.3 Å². The zero-order valence-corrected chi connectivity index (χ0v) is 11.4. The molecule has 16 heavy (non-hydrogen) atoms. The van der Waals surface area contributed by atoms with E-state index in [0.29, 0.717) is 0 Å². The van der Waals surface area contributed by atoms with Crippen LogP contribution in [0.4, 0.5) is 0 Å². The van der Waals surface area contributed by atoms with E-state index in [1.807, 2.05) is 27.7 Å². The summed E-state index contributed by atoms with van der Waals surface area (Å²) < 4.78 is 11.0. The normalized spacial score (nSPS) is 11.0. The predicted molar refractivity (Wildman–Crippen MR) is 68.1 cm³/mol. The lowest BCUT2D eigenvalue weighted by Crippen LogP contribution is -1.68. The van der Waals surface area contributed by atoms with Crippen molar-refractivity contribution in [1.29, 1.82) is 0 Å². The smallest absolute Gasteiger partial charge is 0.115 e. The summed E-state index contributed by atoms with van der Waals surface area (Å²) in [6.45, 7) is 7.91. The Balaban J connectivity index is 2.07. The highest BCUT2D eigenvalue weighted by molar-refractivity contribution is 8.76. The quantitative estimate of drug-likeness (QED) is 0.727. The van der Waals surface area contributed by atoms with Gasteiger partial charge in [0.05, 0.1) is 9.79 Å². The molecule has 2 heterocycles. The molecule has 0 aliphatic heterocycles. The Morgan fingerprint density at radius 3 is 1.38 bits per heavy atom. The van der Waals surface area contributed by atoms with Gasteiger partial charge in [0.25, 0.3) is 0 Å². The summed E-state index contributed by atoms with van der Waals surface area (Å²) in [4.78, 5) is 2.36. The Bertz CT molecular complexity index is 451. The van der Waals surface area contributed by atoms with Crippen LogP contribution in [0.15, 0.2) is 30.8 Å². The minimum Gasteiger partial charge on any atom is -0.465 e. The molecule has 0 unspecified atom stereocenters. The van der Waals surface area contributed by atoms with Crippen LogP contribution >= 0.6 is 21.6 Å². The molecule has 2 rings (SSSR count). The fraction of sp³-hybridized carbons (Fsp3) is 0.333. The Hall–Kier alpha value is -0.740. The van der Waals surface area contributed by atoms with Gasteiger partial charge in [0, 0.05) is 0 Å². The molecule has 0 radical (unpaired) electrons. The van der Waals surface area contributed by atoms with Crippen molar-refractivity contribution in [2.45, 2.75) is 37.5 Å². The van der Waals surface area contributed by atoms with Crippen molar-refractivity contribution >= 4 is 21.6 Å². The van der Waals surface area contributed by atoms with Crippen LogP contribution in [0.2, 0.25) is 0 Å². The van der Waals surface area contributed by atoms with E-state index in [-0.39, 0.29) is 0 Å². The second-order valence-corrected chi connectivity index (χ2v) is 5.93. The zero-order chi connectivity index (χ0) is 11.7. The van der Waals surface area contributed by atoms with Crippen molar-refractivity contribution in [3.63, 3.8) is 0 Å². The van der Waals surface area contributed by atoms with Crippen LogP contribution in [0, 0.1) is 27.7 Å². The largest absolute Gasteiger partial charge is 0.465 e. The molecule has 2 aromatic heterocycles. The van der Waals surface area contributed by atoms with Gasteiger partial charge in [-0.2, -0.15) is 0 Å². The number of furan rings is 2. The summed E-state index contributed by atoms with van der Waals surface area (Å²) in [6.07, 6.45) is 0. The monoisotopic (exact) mass is 254 g/mol. The second kappa shape index (κ2) is 4.63. The highest BCUT2D eigenvalue weighted by atomic mass is 33.1. The van der Waals surface area contributed by atoms with Crippen LogP contribution in [0.5, 0.6) is 0 Å². The molecule has 2 nitrogen and oxygen atoms in total. The van der Waals surface area contributed by atoms with E-state index in [1.165, 1.54) is 9.79 Å². The highest BCUT2D eigenvalue weighted by Crippen LogP contribution is 2.42. The molecule has 0 bridgehead atoms. The van der Waals surface area contributed by atoms with Gasteiger partial charge in [-0.15, -0.1) is 0 Å². The van der Waals surface area contributed by atoms with E-state index in [4.69, 9.17) is 8.83 Å². The Kier molecular flexibility index (Phi) is 3.40. The number of rotatable bonds is 3. The van der Waals surface area contributed by atoms with Gasteiger partial charge in [-0.05, 0) is 61.4 Å². The fourth-order valence-corrected chi connectivity index (χ4v) is 3.93. The summed E-state index contributed by atoms with van der Waals surface area (Å²) in [5.74, 6) is 3.88. The van der Waals surface area contributed by atoms with Crippen LogP contribution in [0.1, 0.15) is 23.0 Å². The third-order valence-corrected chi connectivity index (χ3v) is 4.79. The van der Waals surface area contributed by atoms with E-state index in [9.17, 15) is 0 Å². The average Bonchev–Trinajstić information content (AvgIpc) is 2.66. The molecule has 0 aliphatic carbocycles. The molecule has 0 amide bonds. The third kappa shape index (κ3) is 2.50. The minimum absolute atomic E-state index is 0.959. The minimum atomic E-state index is 0.959. The third-order valence-electron chi connectivity index (χ3n) is 2.21. The molecule has 0 saturated carbocycles. The first-order valence-corrected chi connectivity index (χ1v) is 7.20. The van der Waals surface area contributed by atoms with Crippen molar-refractivity contribution in [1.82, 2.24) is 0 Å². The van der Waals surface area contributed by atoms with E-state index >= 15 is 0 Å². The van der Waals surface area contributed by atoms with Crippen molar-refractivity contribution in [2.75, 3.05) is 0 Å². The lowest BCUT2D eigenvalue weighted by Gasteiger charge is -1.96. The molecule has 0 N–H and O–H groups in total. The lowest BCUT2D eigenvalue weighted by molar-refractivity contribution is 0.498. The number of aryl methyl sites for hydroxylation is 4. The van der Waals surface area contributed by atoms with E-state index in [1.54, 1.807) is 21.6 Å². The maximum atomic E-state index is 5.48. The maximum absolute atomic E-state index is 5.48. The molecule has 2 aromatic rings. The van der Waals surface area contributed by atoms with Gasteiger partial charge in [-0.3, -0.25) is 0 Å². The van der Waals surface area contributed by atoms with Gasteiger partial charge in [-0.25, -0.2) is 0 Å². The summed E-state index contributed by atoms with van der Waals surface area (Å²) in [5, 5.41) is 0. The first-order valence-electron chi connectivity index (χ1n) is 5.05. The molecule has 4 heteroatoms. The van der Waals surface area contributed by atoms with Gasteiger partial charge in [0.2, 0.25) is 0 Å². The molecule has 0 saturated heterocycles. The van der Waals surface area contributed by atoms with Crippen LogP contribution < -0.4 is 0 Å². The standard InChI is InChI=1S/C12H14O2S2/c1-7-5-11(9(3)13-7)15-16-12-6-8(2)14-10(12)4/h5-6H,1-4H3. The summed E-state index contributed by atoms with van der Waals surface area (Å²) in [5.41, 5.74) is 0. The zero-order valence-electron chi connectivity index (χ0n) is 9.79. The van der Waals surface area contributed by atoms with Crippen LogP contribution in [0.3, 0.4) is 0 Å². The maximum Gasteiger partial charge on any atom is 0.115 e. The van der Waals surface area contributed by atoms with E-state index < -0.39 is 0 Å². The van der Waals surface area contributed by atoms with E-state index in [0.717, 1.165) is 23.0 Å². The van der Waals surface area contributed by atoms with Crippen molar-refractivity contribution in [3.8, 4) is 0 Å². The van der Waals surface area contributed by atoms with Crippen molar-refractivity contribution < 1.29 is 8.83 Å². The second-order valence-electron chi connectivity index (χ2n) is 3.72. The van der Waals surface area contributed by atoms with Crippen LogP contribution in [0.25, 0.3) is 0 Å². The Morgan fingerprint density at radius 1 is 0.750 bits per heavy atom. The average molecular weight is 254 g/mol. The molecule has 0 aliphatic rings. The van der Waals surface area contributed by atoms with Crippen molar-refractivity contribution in [3.05, 3.63) is 35.2 Å². The molecule has 0 aromatic carbocycles. The van der Waals surface area contributed by atoms with Crippen LogP contribution in [-0.4, -0.2) is 0 Å². The molecular weight excluding hydrogens is 240 g/mol. The van der Waals surface area contributed by atoms with Gasteiger partial charge in [0.1, 0.15) is 23.0 Å². The lowest BCUT2D eigenvalue weighted by atomic mass is 10.4. The van der Waals surface area contributed by atoms with Gasteiger partial charge in [0.15, 0.2) is 0 Å². The molecule has 0 atom stereocenters. The summed E-state index contributed by atoms with van der Waals surface area (Å²) >= 11 is 0. The Morgan fingerprint density at radius 2 is 1.12 bits per heavy atom. The van der Waals surface area contributed by atoms with Crippen LogP contribution in [-0.2, 0) is 0 Å². The van der Waals surface area contributed by atoms with Gasteiger partial charge >= 0.3 is 0 Å². The number of hydrogen-bond acceptors (Lipinski definition) is 4. The molecule has 86 valence electrons. The van der Waals surface area contributed by atoms with Crippen molar-refractivity contribution in [2.24, 2.45) is 0 Å².